The zero-order valence-electron chi connectivity index (χ0n) is 14.9. The summed E-state index contributed by atoms with van der Waals surface area (Å²) in [6, 6.07) is 6.78. The molecule has 1 amide bonds. The van der Waals surface area contributed by atoms with Crippen LogP contribution in [0.2, 0.25) is 0 Å². The Morgan fingerprint density at radius 1 is 1.00 bits per heavy atom. The lowest BCUT2D eigenvalue weighted by Gasteiger charge is -2.34. The van der Waals surface area contributed by atoms with Gasteiger partial charge in [-0.1, -0.05) is 12.1 Å². The summed E-state index contributed by atoms with van der Waals surface area (Å²) in [7, 11) is 0. The number of aromatic nitrogens is 2. The average Bonchev–Trinajstić information content (AvgIpc) is 3.08. The van der Waals surface area contributed by atoms with Crippen molar-refractivity contribution in [3.63, 3.8) is 0 Å². The predicted octanol–water partition coefficient (Wildman–Crippen LogP) is 3.24. The molecular formula is C18H19F5N4O. The number of benzene rings is 1. The molecule has 0 atom stereocenters. The van der Waals surface area contributed by atoms with Crippen LogP contribution in [0.25, 0.3) is 0 Å². The maximum Gasteiger partial charge on any atom is 0.282 e. The maximum absolute atomic E-state index is 13.0. The third-order valence-corrected chi connectivity index (χ3v) is 4.61. The Balaban J connectivity index is 1.56. The first-order valence-electron chi connectivity index (χ1n) is 8.72. The summed E-state index contributed by atoms with van der Waals surface area (Å²) in [6.45, 7) is 1.98. The van der Waals surface area contributed by atoms with Gasteiger partial charge in [-0.15, -0.1) is 0 Å². The molecule has 2 aromatic rings. The van der Waals surface area contributed by atoms with Gasteiger partial charge in [0.2, 0.25) is 5.91 Å². The fourth-order valence-corrected chi connectivity index (χ4v) is 3.09. The van der Waals surface area contributed by atoms with E-state index in [1.165, 1.54) is 17.0 Å². The molecule has 0 bridgehead atoms. The second kappa shape index (κ2) is 8.68. The van der Waals surface area contributed by atoms with Crippen LogP contribution in [-0.4, -0.2) is 51.7 Å². The van der Waals surface area contributed by atoms with Crippen LogP contribution in [0.3, 0.4) is 0 Å². The molecule has 1 saturated heterocycles. The zero-order chi connectivity index (χ0) is 20.3. The molecule has 0 radical (unpaired) electrons. The van der Waals surface area contributed by atoms with E-state index in [0.29, 0.717) is 43.5 Å². The summed E-state index contributed by atoms with van der Waals surface area (Å²) in [4.78, 5) is 16.0. The van der Waals surface area contributed by atoms with Gasteiger partial charge < -0.3 is 4.90 Å². The van der Waals surface area contributed by atoms with E-state index >= 15 is 0 Å². The van der Waals surface area contributed by atoms with Crippen LogP contribution < -0.4 is 0 Å². The minimum absolute atomic E-state index is 0.309. The van der Waals surface area contributed by atoms with Gasteiger partial charge in [0.1, 0.15) is 23.7 Å². The number of hydrogen-bond acceptors (Lipinski definition) is 3. The topological polar surface area (TPSA) is 41.4 Å². The Hall–Kier alpha value is -2.49. The summed E-state index contributed by atoms with van der Waals surface area (Å²) in [5.74, 6) is -0.761. The first-order chi connectivity index (χ1) is 13.3. The quantitative estimate of drug-likeness (QED) is 0.697. The lowest BCUT2D eigenvalue weighted by Crippen LogP contribution is -2.49. The van der Waals surface area contributed by atoms with Crippen molar-refractivity contribution < 1.29 is 26.7 Å². The maximum atomic E-state index is 13.0. The van der Waals surface area contributed by atoms with Gasteiger partial charge in [-0.3, -0.25) is 14.4 Å². The number of carbonyl (C=O) groups excluding carboxylic acids is 1. The van der Waals surface area contributed by atoms with E-state index in [2.05, 4.69) is 10.00 Å². The van der Waals surface area contributed by atoms with Gasteiger partial charge in [0, 0.05) is 32.7 Å². The zero-order valence-corrected chi connectivity index (χ0v) is 14.9. The second-order valence-corrected chi connectivity index (χ2v) is 6.54. The van der Waals surface area contributed by atoms with Crippen LogP contribution >= 0.6 is 0 Å². The minimum atomic E-state index is -3.00. The minimum Gasteiger partial charge on any atom is -0.339 e. The fourth-order valence-electron chi connectivity index (χ4n) is 3.09. The van der Waals surface area contributed by atoms with Gasteiger partial charge in [-0.25, -0.2) is 22.0 Å². The number of hydrogen-bond donors (Lipinski definition) is 0. The molecule has 1 aliphatic heterocycles. The van der Waals surface area contributed by atoms with E-state index in [1.807, 2.05) is 0 Å². The number of halogens is 5. The SMILES string of the molecule is O=C(Cn1nc(C(F)F)cc1C(F)F)N1CCN(Cc2ccc(F)cc2)CC1. The highest BCUT2D eigenvalue weighted by Crippen LogP contribution is 2.25. The first-order valence-corrected chi connectivity index (χ1v) is 8.72. The van der Waals surface area contributed by atoms with Crippen molar-refractivity contribution >= 4 is 5.91 Å². The van der Waals surface area contributed by atoms with E-state index in [4.69, 9.17) is 0 Å². The average molecular weight is 402 g/mol. The van der Waals surface area contributed by atoms with Crippen LogP contribution in [0.4, 0.5) is 22.0 Å². The van der Waals surface area contributed by atoms with Crippen molar-refractivity contribution in [2.45, 2.75) is 25.9 Å². The standard InChI is InChI=1S/C18H19F5N4O/c19-13-3-1-12(2-4-13)10-25-5-7-26(8-6-25)16(28)11-27-15(18(22)23)9-14(24-27)17(20)21/h1-4,9,17-18H,5-8,10-11H2. The van der Waals surface area contributed by atoms with Crippen molar-refractivity contribution in [1.29, 1.82) is 0 Å². The number of carbonyl (C=O) groups is 1. The number of nitrogens with zero attached hydrogens (tertiary/aromatic N) is 4. The molecule has 152 valence electrons. The monoisotopic (exact) mass is 402 g/mol. The van der Waals surface area contributed by atoms with Crippen LogP contribution in [-0.2, 0) is 17.9 Å². The van der Waals surface area contributed by atoms with E-state index in [0.717, 1.165) is 5.56 Å². The molecule has 5 nitrogen and oxygen atoms in total. The van der Waals surface area contributed by atoms with Gasteiger partial charge in [-0.2, -0.15) is 5.10 Å². The molecule has 3 rings (SSSR count). The smallest absolute Gasteiger partial charge is 0.282 e. The Kier molecular flexibility index (Phi) is 6.28. The summed E-state index contributed by atoms with van der Waals surface area (Å²) in [5.41, 5.74) is -0.523. The van der Waals surface area contributed by atoms with Gasteiger partial charge in [0.15, 0.2) is 0 Å². The molecule has 1 aliphatic rings. The highest BCUT2D eigenvalue weighted by molar-refractivity contribution is 5.76. The Morgan fingerprint density at radius 2 is 1.64 bits per heavy atom. The lowest BCUT2D eigenvalue weighted by atomic mass is 10.2. The Bertz CT molecular complexity index is 801. The third-order valence-electron chi connectivity index (χ3n) is 4.61. The van der Waals surface area contributed by atoms with Crippen molar-refractivity contribution in [2.24, 2.45) is 0 Å². The van der Waals surface area contributed by atoms with Crippen LogP contribution in [0.15, 0.2) is 30.3 Å². The summed E-state index contributed by atoms with van der Waals surface area (Å²) in [6.07, 6.45) is -5.98. The van der Waals surface area contributed by atoms with E-state index < -0.39 is 36.7 Å². The summed E-state index contributed by atoms with van der Waals surface area (Å²) >= 11 is 0. The van der Waals surface area contributed by atoms with Crippen molar-refractivity contribution in [3.8, 4) is 0 Å². The highest BCUT2D eigenvalue weighted by Gasteiger charge is 2.26. The predicted molar refractivity (Wildman–Crippen MR) is 90.4 cm³/mol. The van der Waals surface area contributed by atoms with E-state index in [-0.39, 0.29) is 5.82 Å². The molecule has 2 heterocycles. The van der Waals surface area contributed by atoms with Gasteiger partial charge in [0.05, 0.1) is 0 Å². The number of alkyl halides is 4. The molecule has 1 aromatic heterocycles. The lowest BCUT2D eigenvalue weighted by molar-refractivity contribution is -0.134. The molecular weight excluding hydrogens is 383 g/mol. The van der Waals surface area contributed by atoms with Crippen LogP contribution in [0.5, 0.6) is 0 Å². The largest absolute Gasteiger partial charge is 0.339 e. The summed E-state index contributed by atoms with van der Waals surface area (Å²) < 4.78 is 65.1. The number of piperazine rings is 1. The normalized spacial score (nSPS) is 15.6. The Labute approximate surface area is 158 Å². The molecule has 0 N–H and O–H groups in total. The molecule has 0 spiro atoms. The van der Waals surface area contributed by atoms with Crippen molar-refractivity contribution in [2.75, 3.05) is 26.2 Å². The first kappa shape index (κ1) is 20.2. The fraction of sp³-hybridized carbons (Fsp3) is 0.444. The number of amides is 1. The van der Waals surface area contributed by atoms with Gasteiger partial charge in [0.25, 0.3) is 12.9 Å². The molecule has 0 saturated carbocycles. The van der Waals surface area contributed by atoms with Crippen molar-refractivity contribution in [1.82, 2.24) is 19.6 Å². The van der Waals surface area contributed by atoms with Crippen LogP contribution in [0, 0.1) is 5.82 Å². The third kappa shape index (κ3) is 4.86. The number of rotatable bonds is 6. The molecule has 1 aromatic carbocycles. The second-order valence-electron chi connectivity index (χ2n) is 6.54. The molecule has 0 aliphatic carbocycles. The van der Waals surface area contributed by atoms with E-state index in [1.54, 1.807) is 12.1 Å². The molecule has 10 heteroatoms. The van der Waals surface area contributed by atoms with E-state index in [9.17, 15) is 26.7 Å². The summed E-state index contributed by atoms with van der Waals surface area (Å²) in [5, 5.41) is 3.44. The van der Waals surface area contributed by atoms with Crippen molar-refractivity contribution in [3.05, 3.63) is 53.1 Å². The van der Waals surface area contributed by atoms with Gasteiger partial charge >= 0.3 is 0 Å². The highest BCUT2D eigenvalue weighted by atomic mass is 19.3. The molecule has 28 heavy (non-hydrogen) atoms. The Morgan fingerprint density at radius 3 is 2.21 bits per heavy atom. The van der Waals surface area contributed by atoms with Crippen LogP contribution in [0.1, 0.15) is 29.8 Å². The van der Waals surface area contributed by atoms with Gasteiger partial charge in [-0.05, 0) is 23.8 Å². The molecule has 0 unspecified atom stereocenters. The molecule has 1 fully saturated rings.